The summed E-state index contributed by atoms with van der Waals surface area (Å²) >= 11 is 0. The molecule has 0 unspecified atom stereocenters. The molecule has 0 saturated carbocycles. The van der Waals surface area contributed by atoms with Crippen LogP contribution < -0.4 is 0 Å². The van der Waals surface area contributed by atoms with E-state index in [0.717, 1.165) is 0 Å². The summed E-state index contributed by atoms with van der Waals surface area (Å²) in [5.74, 6) is 0. The van der Waals surface area contributed by atoms with Crippen molar-refractivity contribution in [1.82, 2.24) is 0 Å². The highest BCUT2D eigenvalue weighted by Gasteiger charge is 2.43. The molecule has 1 aliphatic rings. The molecule has 3 atom stereocenters. The van der Waals surface area contributed by atoms with Crippen LogP contribution in [0.25, 0.3) is 0 Å². The fraction of sp³-hybridized carbons (Fsp3) is 0.667. The smallest absolute Gasteiger partial charge is 0.192 e. The predicted octanol–water partition coefficient (Wildman–Crippen LogP) is 2.77. The van der Waals surface area contributed by atoms with Gasteiger partial charge in [-0.2, -0.15) is 5.26 Å². The Labute approximate surface area is 122 Å². The minimum absolute atomic E-state index is 0.0469. The van der Waals surface area contributed by atoms with Gasteiger partial charge in [0.2, 0.25) is 0 Å². The first-order chi connectivity index (χ1) is 9.14. The standard InChI is InChI=1S/C15H25NO3Si/c1-15(2,3)20(5,6)19-14-12(18-4)8-7-11(9-10-16)13(14)17/h7-9,12-14,17H,1-6H3/b11-9+/t12-,13+,14+/m1/s1. The topological polar surface area (TPSA) is 62.5 Å². The first-order valence-corrected chi connectivity index (χ1v) is 9.71. The molecule has 0 radical (unpaired) electrons. The van der Waals surface area contributed by atoms with Crippen molar-refractivity contribution in [2.24, 2.45) is 0 Å². The van der Waals surface area contributed by atoms with Gasteiger partial charge in [-0.25, -0.2) is 0 Å². The lowest BCUT2D eigenvalue weighted by atomic mass is 9.93. The van der Waals surface area contributed by atoms with E-state index in [9.17, 15) is 5.11 Å². The molecule has 0 aromatic rings. The van der Waals surface area contributed by atoms with E-state index in [2.05, 4.69) is 33.9 Å². The lowest BCUT2D eigenvalue weighted by Crippen LogP contribution is -2.52. The molecular formula is C15H25NO3Si. The zero-order valence-electron chi connectivity index (χ0n) is 13.2. The summed E-state index contributed by atoms with van der Waals surface area (Å²) in [4.78, 5) is 0. The maximum absolute atomic E-state index is 10.4. The molecule has 112 valence electrons. The summed E-state index contributed by atoms with van der Waals surface area (Å²) in [7, 11) is -0.429. The third kappa shape index (κ3) is 3.58. The Morgan fingerprint density at radius 3 is 2.45 bits per heavy atom. The minimum Gasteiger partial charge on any atom is -0.408 e. The highest BCUT2D eigenvalue weighted by molar-refractivity contribution is 6.74. The Hall–Kier alpha value is -0.933. The van der Waals surface area contributed by atoms with E-state index in [4.69, 9.17) is 14.4 Å². The van der Waals surface area contributed by atoms with Crippen molar-refractivity contribution in [2.45, 2.75) is 57.2 Å². The van der Waals surface area contributed by atoms with Crippen molar-refractivity contribution in [1.29, 1.82) is 5.26 Å². The van der Waals surface area contributed by atoms with Gasteiger partial charge in [-0.15, -0.1) is 0 Å². The van der Waals surface area contributed by atoms with Gasteiger partial charge in [0.1, 0.15) is 18.3 Å². The number of ether oxygens (including phenoxy) is 1. The van der Waals surface area contributed by atoms with E-state index in [0.29, 0.717) is 5.57 Å². The molecule has 4 nitrogen and oxygen atoms in total. The maximum atomic E-state index is 10.4. The van der Waals surface area contributed by atoms with Crippen molar-refractivity contribution in [3.63, 3.8) is 0 Å². The highest BCUT2D eigenvalue weighted by atomic mass is 28.4. The molecule has 1 rings (SSSR count). The van der Waals surface area contributed by atoms with Crippen molar-refractivity contribution >= 4 is 8.32 Å². The SMILES string of the molecule is CO[C@@H]1C=C/C(=C\C#N)[C@H](O)[C@H]1O[Si](C)(C)C(C)(C)C. The number of nitrogens with zero attached hydrogens (tertiary/aromatic N) is 1. The Morgan fingerprint density at radius 1 is 1.40 bits per heavy atom. The van der Waals surface area contributed by atoms with Crippen LogP contribution in [0.4, 0.5) is 0 Å². The summed E-state index contributed by atoms with van der Waals surface area (Å²) in [5.41, 5.74) is 0.574. The second-order valence-corrected chi connectivity index (χ2v) is 11.4. The normalized spacial score (nSPS) is 29.5. The third-order valence-electron chi connectivity index (χ3n) is 4.20. The lowest BCUT2D eigenvalue weighted by molar-refractivity contribution is -0.0381. The molecule has 0 aliphatic heterocycles. The fourth-order valence-corrected chi connectivity index (χ4v) is 3.15. The Bertz CT molecular complexity index is 443. The fourth-order valence-electron chi connectivity index (χ4n) is 1.85. The maximum Gasteiger partial charge on any atom is 0.192 e. The largest absolute Gasteiger partial charge is 0.408 e. The summed E-state index contributed by atoms with van der Waals surface area (Å²) in [6, 6.07) is 1.96. The van der Waals surface area contributed by atoms with E-state index in [1.54, 1.807) is 13.2 Å². The van der Waals surface area contributed by atoms with Crippen LogP contribution in [-0.2, 0) is 9.16 Å². The quantitative estimate of drug-likeness (QED) is 0.642. The average molecular weight is 295 g/mol. The van der Waals surface area contributed by atoms with Gasteiger partial charge in [0.05, 0.1) is 6.07 Å². The Balaban J connectivity index is 3.05. The Morgan fingerprint density at radius 2 is 2.00 bits per heavy atom. The van der Waals surface area contributed by atoms with Crippen LogP contribution >= 0.6 is 0 Å². The molecular weight excluding hydrogens is 270 g/mol. The number of aliphatic hydroxyl groups excluding tert-OH is 1. The second-order valence-electron chi connectivity index (χ2n) is 6.62. The van der Waals surface area contributed by atoms with Crippen LogP contribution in [0.1, 0.15) is 20.8 Å². The lowest BCUT2D eigenvalue weighted by Gasteiger charge is -2.43. The number of hydrogen-bond acceptors (Lipinski definition) is 4. The number of allylic oxidation sites excluding steroid dienone is 1. The Kier molecular flexibility index (Phi) is 5.33. The number of methoxy groups -OCH3 is 1. The molecule has 0 aromatic heterocycles. The molecule has 0 aromatic carbocycles. The summed E-state index contributed by atoms with van der Waals surface area (Å²) in [6.45, 7) is 10.7. The zero-order chi connectivity index (χ0) is 15.6. The van der Waals surface area contributed by atoms with Gasteiger partial charge in [-0.1, -0.05) is 32.9 Å². The van der Waals surface area contributed by atoms with E-state index < -0.39 is 20.5 Å². The van der Waals surface area contributed by atoms with Crippen LogP contribution in [0.3, 0.4) is 0 Å². The van der Waals surface area contributed by atoms with Crippen LogP contribution in [0.2, 0.25) is 18.1 Å². The predicted molar refractivity (Wildman–Crippen MR) is 81.7 cm³/mol. The number of nitriles is 1. The van der Waals surface area contributed by atoms with Crippen molar-refractivity contribution < 1.29 is 14.3 Å². The van der Waals surface area contributed by atoms with Crippen LogP contribution in [-0.4, -0.2) is 38.8 Å². The molecule has 1 aliphatic carbocycles. The van der Waals surface area contributed by atoms with Crippen molar-refractivity contribution in [2.75, 3.05) is 7.11 Å². The number of aliphatic hydroxyl groups is 1. The molecule has 0 amide bonds. The van der Waals surface area contributed by atoms with E-state index in [1.807, 2.05) is 12.1 Å². The summed E-state index contributed by atoms with van der Waals surface area (Å²) in [6.07, 6.45) is 3.33. The van der Waals surface area contributed by atoms with Crippen molar-refractivity contribution in [3.8, 4) is 6.07 Å². The van der Waals surface area contributed by atoms with Gasteiger partial charge in [0.25, 0.3) is 0 Å². The molecule has 0 fully saturated rings. The molecule has 5 heteroatoms. The van der Waals surface area contributed by atoms with E-state index in [-0.39, 0.29) is 11.1 Å². The molecule has 20 heavy (non-hydrogen) atoms. The second kappa shape index (κ2) is 6.23. The monoisotopic (exact) mass is 295 g/mol. The van der Waals surface area contributed by atoms with Gasteiger partial charge in [0.15, 0.2) is 8.32 Å². The molecule has 0 saturated heterocycles. The summed E-state index contributed by atoms with van der Waals surface area (Å²) in [5, 5.41) is 19.3. The van der Waals surface area contributed by atoms with Gasteiger partial charge >= 0.3 is 0 Å². The minimum atomic E-state index is -2.03. The van der Waals surface area contributed by atoms with Gasteiger partial charge < -0.3 is 14.3 Å². The number of rotatable bonds is 3. The van der Waals surface area contributed by atoms with Gasteiger partial charge in [0, 0.05) is 13.2 Å². The molecule has 1 N–H and O–H groups in total. The molecule has 0 bridgehead atoms. The van der Waals surface area contributed by atoms with E-state index in [1.165, 1.54) is 6.08 Å². The first kappa shape index (κ1) is 17.1. The van der Waals surface area contributed by atoms with Gasteiger partial charge in [-0.3, -0.25) is 0 Å². The van der Waals surface area contributed by atoms with Gasteiger partial charge in [-0.05, 0) is 23.7 Å². The summed E-state index contributed by atoms with van der Waals surface area (Å²) < 4.78 is 11.7. The average Bonchev–Trinajstić information content (AvgIpc) is 2.33. The molecule has 0 heterocycles. The zero-order valence-corrected chi connectivity index (χ0v) is 14.2. The van der Waals surface area contributed by atoms with Crippen LogP contribution in [0, 0.1) is 11.3 Å². The van der Waals surface area contributed by atoms with Crippen molar-refractivity contribution in [3.05, 3.63) is 23.8 Å². The first-order valence-electron chi connectivity index (χ1n) is 6.80. The highest BCUT2D eigenvalue weighted by Crippen LogP contribution is 2.39. The van der Waals surface area contributed by atoms with Crippen LogP contribution in [0.15, 0.2) is 23.8 Å². The number of hydrogen-bond donors (Lipinski definition) is 1. The van der Waals surface area contributed by atoms with E-state index >= 15 is 0 Å². The van der Waals surface area contributed by atoms with Crippen LogP contribution in [0.5, 0.6) is 0 Å². The molecule has 0 spiro atoms. The third-order valence-corrected chi connectivity index (χ3v) is 8.67.